The van der Waals surface area contributed by atoms with E-state index >= 15 is 0 Å². The average Bonchev–Trinajstić information content (AvgIpc) is 2.29. The van der Waals surface area contributed by atoms with Gasteiger partial charge in [0.2, 0.25) is 0 Å². The number of aliphatic carboxylic acids is 1. The van der Waals surface area contributed by atoms with Crippen molar-refractivity contribution in [3.63, 3.8) is 0 Å². The first-order chi connectivity index (χ1) is 7.20. The lowest BCUT2D eigenvalue weighted by molar-refractivity contribution is -0.141. The van der Waals surface area contributed by atoms with Gasteiger partial charge < -0.3 is 9.67 Å². The summed E-state index contributed by atoms with van der Waals surface area (Å²) in [6.45, 7) is 1.95. The number of carbonyl (C=O) groups is 1. The summed E-state index contributed by atoms with van der Waals surface area (Å²) in [5.74, 6) is -1.05. The molecule has 0 aliphatic carbocycles. The number of carboxylic acids is 1. The van der Waals surface area contributed by atoms with Gasteiger partial charge in [-0.2, -0.15) is 13.2 Å². The van der Waals surface area contributed by atoms with Crippen LogP contribution in [0.15, 0.2) is 6.07 Å². The zero-order valence-electron chi connectivity index (χ0n) is 8.93. The molecule has 1 aromatic rings. The Morgan fingerprint density at radius 1 is 1.44 bits per heavy atom. The maximum atomic E-state index is 12.2. The molecule has 0 saturated heterocycles. The molecule has 1 rings (SSSR count). The number of nitrogens with zero attached hydrogens (tertiary/aromatic N) is 1. The number of aromatic nitrogens is 1. The third-order valence-electron chi connectivity index (χ3n) is 2.36. The summed E-state index contributed by atoms with van der Waals surface area (Å²) in [7, 11) is 0. The molecule has 0 spiro atoms. The SMILES string of the molecule is Cc1cc(CC(=O)O)c(C)n1CC(F)(F)F. The Morgan fingerprint density at radius 2 is 2.00 bits per heavy atom. The molecular weight excluding hydrogens is 223 g/mol. The number of hydrogen-bond donors (Lipinski definition) is 1. The number of alkyl halides is 3. The second-order valence-electron chi connectivity index (χ2n) is 3.67. The van der Waals surface area contributed by atoms with E-state index in [0.29, 0.717) is 17.0 Å². The van der Waals surface area contributed by atoms with Crippen LogP contribution in [-0.2, 0) is 17.8 Å². The lowest BCUT2D eigenvalue weighted by Gasteiger charge is -2.12. The van der Waals surface area contributed by atoms with Crippen molar-refractivity contribution in [3.05, 3.63) is 23.0 Å². The van der Waals surface area contributed by atoms with Crippen molar-refractivity contribution in [2.75, 3.05) is 0 Å². The highest BCUT2D eigenvalue weighted by Gasteiger charge is 2.29. The Bertz CT molecular complexity index is 407. The first-order valence-corrected chi connectivity index (χ1v) is 4.65. The summed E-state index contributed by atoms with van der Waals surface area (Å²) in [6.07, 6.45) is -4.55. The molecule has 0 radical (unpaired) electrons. The van der Waals surface area contributed by atoms with Crippen molar-refractivity contribution >= 4 is 5.97 Å². The van der Waals surface area contributed by atoms with Crippen molar-refractivity contribution in [2.45, 2.75) is 33.0 Å². The van der Waals surface area contributed by atoms with Crippen molar-refractivity contribution in [2.24, 2.45) is 0 Å². The molecule has 16 heavy (non-hydrogen) atoms. The summed E-state index contributed by atoms with van der Waals surface area (Å²) < 4.78 is 37.8. The largest absolute Gasteiger partial charge is 0.481 e. The van der Waals surface area contributed by atoms with Crippen LogP contribution in [0.5, 0.6) is 0 Å². The number of rotatable bonds is 3. The van der Waals surface area contributed by atoms with Gasteiger partial charge in [0, 0.05) is 11.4 Å². The van der Waals surface area contributed by atoms with Crippen LogP contribution in [0, 0.1) is 13.8 Å². The van der Waals surface area contributed by atoms with Crippen LogP contribution in [0.25, 0.3) is 0 Å². The van der Waals surface area contributed by atoms with Crippen LogP contribution in [0.1, 0.15) is 17.0 Å². The molecule has 90 valence electrons. The molecule has 0 fully saturated rings. The van der Waals surface area contributed by atoms with Gasteiger partial charge in [-0.05, 0) is 25.5 Å². The Morgan fingerprint density at radius 3 is 2.44 bits per heavy atom. The monoisotopic (exact) mass is 235 g/mol. The second kappa shape index (κ2) is 4.19. The van der Waals surface area contributed by atoms with Gasteiger partial charge in [0.15, 0.2) is 0 Å². The van der Waals surface area contributed by atoms with Crippen molar-refractivity contribution in [1.82, 2.24) is 4.57 Å². The zero-order chi connectivity index (χ0) is 12.5. The van der Waals surface area contributed by atoms with Crippen molar-refractivity contribution < 1.29 is 23.1 Å². The van der Waals surface area contributed by atoms with Crippen LogP contribution < -0.4 is 0 Å². The molecule has 1 heterocycles. The third-order valence-corrected chi connectivity index (χ3v) is 2.36. The molecular formula is C10H12F3NO2. The minimum Gasteiger partial charge on any atom is -0.481 e. The lowest BCUT2D eigenvalue weighted by Crippen LogP contribution is -2.19. The molecule has 0 amide bonds. The highest BCUT2D eigenvalue weighted by Crippen LogP contribution is 2.23. The van der Waals surface area contributed by atoms with E-state index in [2.05, 4.69) is 0 Å². The van der Waals surface area contributed by atoms with Gasteiger partial charge in [0.1, 0.15) is 6.54 Å². The number of hydrogen-bond acceptors (Lipinski definition) is 1. The van der Waals surface area contributed by atoms with Crippen molar-refractivity contribution in [1.29, 1.82) is 0 Å². The van der Waals surface area contributed by atoms with Crippen LogP contribution in [0.4, 0.5) is 13.2 Å². The highest BCUT2D eigenvalue weighted by atomic mass is 19.4. The number of carboxylic acid groups (broad SMARTS) is 1. The van der Waals surface area contributed by atoms with E-state index in [1.807, 2.05) is 0 Å². The predicted molar refractivity (Wildman–Crippen MR) is 51.3 cm³/mol. The van der Waals surface area contributed by atoms with E-state index in [0.717, 1.165) is 4.57 Å². The minimum absolute atomic E-state index is 0.252. The van der Waals surface area contributed by atoms with Gasteiger partial charge in [-0.25, -0.2) is 0 Å². The quantitative estimate of drug-likeness (QED) is 0.873. The third kappa shape index (κ3) is 3.01. The molecule has 0 unspecified atom stereocenters. The molecule has 0 atom stereocenters. The molecule has 0 aromatic carbocycles. The molecule has 1 N–H and O–H groups in total. The first-order valence-electron chi connectivity index (χ1n) is 4.65. The Balaban J connectivity index is 3.02. The predicted octanol–water partition coefficient (Wildman–Crippen LogP) is 2.29. The van der Waals surface area contributed by atoms with Gasteiger partial charge in [-0.1, -0.05) is 0 Å². The average molecular weight is 235 g/mol. The summed E-state index contributed by atoms with van der Waals surface area (Å²) in [5, 5.41) is 8.59. The zero-order valence-corrected chi connectivity index (χ0v) is 8.93. The topological polar surface area (TPSA) is 42.2 Å². The highest BCUT2D eigenvalue weighted by molar-refractivity contribution is 5.70. The van der Waals surface area contributed by atoms with Gasteiger partial charge in [0.05, 0.1) is 6.42 Å². The van der Waals surface area contributed by atoms with E-state index in [4.69, 9.17) is 5.11 Å². The van der Waals surface area contributed by atoms with Gasteiger partial charge in [-0.3, -0.25) is 4.79 Å². The lowest BCUT2D eigenvalue weighted by atomic mass is 10.2. The fourth-order valence-electron chi connectivity index (χ4n) is 1.64. The van der Waals surface area contributed by atoms with E-state index in [1.165, 1.54) is 19.9 Å². The van der Waals surface area contributed by atoms with E-state index in [1.54, 1.807) is 0 Å². The molecule has 0 aliphatic rings. The normalized spacial score (nSPS) is 11.8. The van der Waals surface area contributed by atoms with Crippen LogP contribution >= 0.6 is 0 Å². The number of aryl methyl sites for hydroxylation is 1. The van der Waals surface area contributed by atoms with E-state index in [9.17, 15) is 18.0 Å². The molecule has 0 saturated carbocycles. The molecule has 3 nitrogen and oxygen atoms in total. The molecule has 0 bridgehead atoms. The summed E-state index contributed by atoms with van der Waals surface area (Å²) >= 11 is 0. The van der Waals surface area contributed by atoms with Crippen LogP contribution in [0.2, 0.25) is 0 Å². The van der Waals surface area contributed by atoms with E-state index in [-0.39, 0.29) is 6.42 Å². The summed E-state index contributed by atoms with van der Waals surface area (Å²) in [4.78, 5) is 10.5. The van der Waals surface area contributed by atoms with Gasteiger partial charge >= 0.3 is 12.1 Å². The maximum absolute atomic E-state index is 12.2. The maximum Gasteiger partial charge on any atom is 0.406 e. The summed E-state index contributed by atoms with van der Waals surface area (Å²) in [5.41, 5.74) is 1.21. The number of halogens is 3. The Hall–Kier alpha value is -1.46. The van der Waals surface area contributed by atoms with E-state index < -0.39 is 18.7 Å². The molecule has 6 heteroatoms. The van der Waals surface area contributed by atoms with Crippen molar-refractivity contribution in [3.8, 4) is 0 Å². The van der Waals surface area contributed by atoms with Gasteiger partial charge in [0.25, 0.3) is 0 Å². The standard InChI is InChI=1S/C10H12F3NO2/c1-6-3-8(4-9(15)16)7(2)14(6)5-10(11,12)13/h3H,4-5H2,1-2H3,(H,15,16). The molecule has 0 aliphatic heterocycles. The fourth-order valence-corrected chi connectivity index (χ4v) is 1.64. The summed E-state index contributed by atoms with van der Waals surface area (Å²) in [6, 6.07) is 1.48. The van der Waals surface area contributed by atoms with Gasteiger partial charge in [-0.15, -0.1) is 0 Å². The second-order valence-corrected chi connectivity index (χ2v) is 3.67. The van der Waals surface area contributed by atoms with Crippen LogP contribution in [0.3, 0.4) is 0 Å². The minimum atomic E-state index is -4.30. The molecule has 1 aromatic heterocycles. The first kappa shape index (κ1) is 12.6. The Kier molecular flexibility index (Phi) is 3.30. The Labute approximate surface area is 90.5 Å². The fraction of sp³-hybridized carbons (Fsp3) is 0.500. The van der Waals surface area contributed by atoms with Crippen LogP contribution in [-0.4, -0.2) is 21.8 Å². The smallest absolute Gasteiger partial charge is 0.406 e.